The maximum Gasteiger partial charge on any atom is 3.00 e. The monoisotopic (exact) mass is 667 g/mol. The third-order valence-corrected chi connectivity index (χ3v) is 9.29. The van der Waals surface area contributed by atoms with E-state index in [4.69, 9.17) is 33.2 Å². The Hall–Kier alpha value is -0.440. The van der Waals surface area contributed by atoms with Gasteiger partial charge < -0.3 is 24.8 Å². The molecule has 1 atom stereocenters. The Kier molecular flexibility index (Phi) is 12.0. The van der Waals surface area contributed by atoms with Gasteiger partial charge in [0.15, 0.2) is 0 Å². The van der Waals surface area contributed by atoms with Gasteiger partial charge in [0.25, 0.3) is 0 Å². The molecule has 5 rings (SSSR count). The van der Waals surface area contributed by atoms with Crippen molar-refractivity contribution in [1.29, 1.82) is 0 Å². The summed E-state index contributed by atoms with van der Waals surface area (Å²) in [5, 5.41) is 2.63. The third-order valence-electron chi connectivity index (χ3n) is 6.67. The summed E-state index contributed by atoms with van der Waals surface area (Å²) in [5.41, 5.74) is 9.48. The van der Waals surface area contributed by atoms with E-state index in [1.807, 2.05) is 0 Å². The van der Waals surface area contributed by atoms with Gasteiger partial charge in [-0.15, -0.1) is 67.8 Å². The van der Waals surface area contributed by atoms with Crippen LogP contribution in [0.2, 0.25) is 6.04 Å². The van der Waals surface area contributed by atoms with Gasteiger partial charge in [-0.05, 0) is 41.6 Å². The second-order valence-electron chi connectivity index (χ2n) is 9.07. The Morgan fingerprint density at radius 1 is 0.861 bits per heavy atom. The van der Waals surface area contributed by atoms with Crippen molar-refractivity contribution in [1.82, 2.24) is 0 Å². The molecule has 1 aliphatic carbocycles. The van der Waals surface area contributed by atoms with Gasteiger partial charge in [0.1, 0.15) is 0 Å². The second-order valence-corrected chi connectivity index (χ2v) is 18.3. The standard InChI is InChI=1S/C29H26Cl3Si.2ClH.Zr/c1-20-16-28-26(22-9-3-2-4-10-22)11-7-12-27(28)29(20)25-18-23-14-13-21(17-24(23)19-25)8-5-6-15-33(30,31)32;;;/h2-4,7,9-14,16-19,29H,5-6,8,15H2,1H3;2*1H;/q-1;;;+3/p-2. The van der Waals surface area contributed by atoms with E-state index in [0.29, 0.717) is 5.92 Å². The maximum absolute atomic E-state index is 6.02. The average Bonchev–Trinajstić information content (AvgIpc) is 3.35. The number of rotatable bonds is 7. The van der Waals surface area contributed by atoms with Gasteiger partial charge in [0.05, 0.1) is 0 Å². The normalized spacial score (nSPS) is 14.3. The molecule has 0 amide bonds. The first-order valence-corrected chi connectivity index (χ1v) is 16.8. The van der Waals surface area contributed by atoms with Crippen LogP contribution in [0.15, 0.2) is 84.4 Å². The van der Waals surface area contributed by atoms with Crippen molar-refractivity contribution in [3.05, 3.63) is 107 Å². The molecule has 0 bridgehead atoms. The molecule has 1 aliphatic rings. The van der Waals surface area contributed by atoms with Crippen molar-refractivity contribution < 1.29 is 51.0 Å². The van der Waals surface area contributed by atoms with Crippen molar-refractivity contribution >= 4 is 56.1 Å². The summed E-state index contributed by atoms with van der Waals surface area (Å²) in [7, 11) is 0. The molecule has 7 heteroatoms. The quantitative estimate of drug-likeness (QED) is 0.122. The molecule has 185 valence electrons. The Morgan fingerprint density at radius 2 is 1.61 bits per heavy atom. The van der Waals surface area contributed by atoms with E-state index in [-0.39, 0.29) is 51.0 Å². The Labute approximate surface area is 260 Å². The van der Waals surface area contributed by atoms with Crippen LogP contribution in [0.5, 0.6) is 0 Å². The zero-order valence-corrected chi connectivity index (χ0v) is 27.1. The number of aryl methyl sites for hydroxylation is 1. The summed E-state index contributed by atoms with van der Waals surface area (Å²) in [6.07, 6.45) is 5.43. The molecule has 4 aromatic carbocycles. The summed E-state index contributed by atoms with van der Waals surface area (Å²) in [4.78, 5) is 0. The zero-order valence-electron chi connectivity index (χ0n) is 19.9. The van der Waals surface area contributed by atoms with Crippen LogP contribution in [-0.4, -0.2) is 6.00 Å². The molecule has 0 spiro atoms. The number of benzene rings is 3. The number of hydrogen-bond acceptors (Lipinski definition) is 0. The van der Waals surface area contributed by atoms with E-state index < -0.39 is 6.00 Å². The molecule has 0 aromatic heterocycles. The zero-order chi connectivity index (χ0) is 23.0. The van der Waals surface area contributed by atoms with Crippen LogP contribution in [0.4, 0.5) is 0 Å². The minimum absolute atomic E-state index is 0. The van der Waals surface area contributed by atoms with Gasteiger partial charge >= 0.3 is 32.2 Å². The number of hydrogen-bond donors (Lipinski definition) is 0. The molecule has 1 radical (unpaired) electrons. The van der Waals surface area contributed by atoms with Crippen LogP contribution in [0.3, 0.4) is 0 Å². The predicted molar refractivity (Wildman–Crippen MR) is 148 cm³/mol. The van der Waals surface area contributed by atoms with Crippen molar-refractivity contribution in [2.45, 2.75) is 38.1 Å². The Balaban J connectivity index is 0.00000152. The van der Waals surface area contributed by atoms with Gasteiger partial charge in [-0.25, -0.2) is 0 Å². The van der Waals surface area contributed by atoms with E-state index in [1.54, 1.807) is 0 Å². The molecule has 0 N–H and O–H groups in total. The molecule has 0 saturated heterocycles. The number of fused-ring (bicyclic) bond motifs is 2. The summed E-state index contributed by atoms with van der Waals surface area (Å²) in [6.45, 7) is 2.26. The number of unbranched alkanes of at least 4 members (excludes halogenated alkanes) is 1. The summed E-state index contributed by atoms with van der Waals surface area (Å²) >= 11 is 18.0. The number of halogens is 5. The third kappa shape index (κ3) is 7.15. The topological polar surface area (TPSA) is 0 Å². The molecule has 36 heavy (non-hydrogen) atoms. The van der Waals surface area contributed by atoms with E-state index >= 15 is 0 Å². The molecular weight excluding hydrogens is 645 g/mol. The molecule has 0 nitrogen and oxygen atoms in total. The van der Waals surface area contributed by atoms with Crippen LogP contribution in [0.25, 0.3) is 28.0 Å². The molecule has 0 fully saturated rings. The van der Waals surface area contributed by atoms with Crippen LogP contribution < -0.4 is 24.8 Å². The molecule has 4 aromatic rings. The second kappa shape index (κ2) is 13.6. The van der Waals surface area contributed by atoms with Crippen molar-refractivity contribution in [3.8, 4) is 11.1 Å². The summed E-state index contributed by atoms with van der Waals surface area (Å²) in [5.74, 6) is 0.314. The van der Waals surface area contributed by atoms with Gasteiger partial charge in [-0.1, -0.05) is 84.7 Å². The van der Waals surface area contributed by atoms with Crippen molar-refractivity contribution in [2.75, 3.05) is 0 Å². The van der Waals surface area contributed by atoms with E-state index in [0.717, 1.165) is 25.3 Å². The minimum Gasteiger partial charge on any atom is -1.00 e. The van der Waals surface area contributed by atoms with Crippen LogP contribution in [-0.2, 0) is 32.6 Å². The Bertz CT molecular complexity index is 1320. The predicted octanol–water partition coefficient (Wildman–Crippen LogP) is 3.76. The molecule has 0 aliphatic heterocycles. The van der Waals surface area contributed by atoms with Gasteiger partial charge in [-0.3, -0.25) is 0 Å². The fourth-order valence-electron chi connectivity index (χ4n) is 5.12. The first-order valence-electron chi connectivity index (χ1n) is 11.5. The SMILES string of the molecule is CC1=Cc2c(-c3ccccc3)cccc2C1c1cc2ccc(CCCC[Si](Cl)(Cl)Cl)cc2[cH-]1.[Cl-].[Cl-].[Zr+3]. The van der Waals surface area contributed by atoms with Crippen LogP contribution in [0, 0.1) is 0 Å². The first kappa shape index (κ1) is 31.8. The molecule has 0 saturated carbocycles. The molecule has 1 unspecified atom stereocenters. The summed E-state index contributed by atoms with van der Waals surface area (Å²) < 4.78 is 0. The van der Waals surface area contributed by atoms with E-state index in [2.05, 4.69) is 91.9 Å². The van der Waals surface area contributed by atoms with Gasteiger partial charge in [0.2, 0.25) is 0 Å². The fraction of sp³-hybridized carbons (Fsp3) is 0.207. The van der Waals surface area contributed by atoms with Gasteiger partial charge in [-0.2, -0.15) is 6.07 Å². The first-order chi connectivity index (χ1) is 15.9. The largest absolute Gasteiger partial charge is 3.00 e. The molecule has 0 heterocycles. The summed E-state index contributed by atoms with van der Waals surface area (Å²) in [6, 6.07) is 27.2. The van der Waals surface area contributed by atoms with E-state index in [9.17, 15) is 0 Å². The van der Waals surface area contributed by atoms with Crippen molar-refractivity contribution in [2.24, 2.45) is 0 Å². The average molecular weight is 671 g/mol. The van der Waals surface area contributed by atoms with E-state index in [1.165, 1.54) is 49.7 Å². The van der Waals surface area contributed by atoms with Gasteiger partial charge in [0, 0.05) is 5.92 Å². The number of allylic oxidation sites excluding steroid dienone is 1. The maximum atomic E-state index is 6.02. The molecular formula is C29H26Cl5SiZr. The van der Waals surface area contributed by atoms with Crippen molar-refractivity contribution in [3.63, 3.8) is 0 Å². The fourth-order valence-corrected chi connectivity index (χ4v) is 6.98. The minimum atomic E-state index is -2.50. The Morgan fingerprint density at radius 3 is 2.33 bits per heavy atom. The van der Waals surface area contributed by atoms with Crippen LogP contribution in [0.1, 0.15) is 47.9 Å². The smallest absolute Gasteiger partial charge is 1.00 e. The van der Waals surface area contributed by atoms with Crippen LogP contribution >= 0.6 is 33.2 Å².